The van der Waals surface area contributed by atoms with Crippen molar-refractivity contribution in [1.82, 2.24) is 0 Å². The molecule has 0 aromatic carbocycles. The number of rotatable bonds is 6. The first kappa shape index (κ1) is 14.3. The zero-order chi connectivity index (χ0) is 14.7. The number of carbonyl (C=O) groups is 2. The summed E-state index contributed by atoms with van der Waals surface area (Å²) >= 11 is 1.41. The first-order chi connectivity index (χ1) is 9.49. The summed E-state index contributed by atoms with van der Waals surface area (Å²) in [4.78, 5) is 21.4. The molecule has 0 aliphatic rings. The fourth-order valence-electron chi connectivity index (χ4n) is 1.66. The van der Waals surface area contributed by atoms with Crippen LogP contribution in [0, 0.1) is 6.92 Å². The van der Waals surface area contributed by atoms with Crippen LogP contribution in [0.5, 0.6) is 0 Å². The van der Waals surface area contributed by atoms with E-state index in [-0.39, 0.29) is 11.5 Å². The average Bonchev–Trinajstić information content (AvgIpc) is 2.97. The quantitative estimate of drug-likeness (QED) is 0.756. The van der Waals surface area contributed by atoms with Crippen LogP contribution in [0.4, 0.5) is 0 Å². The van der Waals surface area contributed by atoms with E-state index in [1.54, 1.807) is 13.0 Å². The molecule has 0 spiro atoms. The van der Waals surface area contributed by atoms with E-state index in [1.165, 1.54) is 24.1 Å². The minimum Gasteiger partial charge on any atom is -0.542 e. The number of aryl methyl sites for hydroxylation is 1. The molecule has 0 atom stereocenters. The fraction of sp³-hybridized carbons (Fsp3) is 0.231. The Kier molecular flexibility index (Phi) is 4.19. The van der Waals surface area contributed by atoms with Crippen molar-refractivity contribution < 1.29 is 28.6 Å². The van der Waals surface area contributed by atoms with E-state index in [4.69, 9.17) is 8.83 Å². The van der Waals surface area contributed by atoms with Crippen molar-refractivity contribution in [2.75, 3.05) is 0 Å². The topological polar surface area (TPSA) is 107 Å². The van der Waals surface area contributed by atoms with E-state index < -0.39 is 11.9 Å². The Morgan fingerprint density at radius 2 is 1.90 bits per heavy atom. The molecule has 7 heteroatoms. The molecule has 0 unspecified atom stereocenters. The number of carboxylic acid groups (broad SMARTS) is 2. The highest BCUT2D eigenvalue weighted by atomic mass is 32.2. The Morgan fingerprint density at radius 3 is 2.50 bits per heavy atom. The second kappa shape index (κ2) is 5.87. The summed E-state index contributed by atoms with van der Waals surface area (Å²) in [7, 11) is 0. The molecule has 2 aromatic heterocycles. The minimum absolute atomic E-state index is 0.183. The second-order valence-electron chi connectivity index (χ2n) is 4.03. The number of hydrogen-bond acceptors (Lipinski definition) is 7. The zero-order valence-corrected chi connectivity index (χ0v) is 11.3. The molecule has 0 bridgehead atoms. The van der Waals surface area contributed by atoms with Gasteiger partial charge in [-0.2, -0.15) is 11.8 Å². The van der Waals surface area contributed by atoms with Gasteiger partial charge in [-0.1, -0.05) is 0 Å². The molecule has 0 radical (unpaired) electrons. The maximum atomic E-state index is 10.7. The predicted molar refractivity (Wildman–Crippen MR) is 65.8 cm³/mol. The third-order valence-corrected chi connectivity index (χ3v) is 3.70. The van der Waals surface area contributed by atoms with Crippen molar-refractivity contribution in [2.45, 2.75) is 18.4 Å². The molecule has 0 saturated carbocycles. The van der Waals surface area contributed by atoms with Gasteiger partial charge in [0.05, 0.1) is 6.26 Å². The van der Waals surface area contributed by atoms with Gasteiger partial charge in [0.2, 0.25) is 0 Å². The average molecular weight is 294 g/mol. The van der Waals surface area contributed by atoms with Crippen LogP contribution in [0.1, 0.15) is 38.0 Å². The molecule has 2 rings (SSSR count). The summed E-state index contributed by atoms with van der Waals surface area (Å²) in [6.07, 6.45) is 1.29. The van der Waals surface area contributed by atoms with Crippen molar-refractivity contribution in [1.29, 1.82) is 0 Å². The summed E-state index contributed by atoms with van der Waals surface area (Å²) in [5.41, 5.74) is 1.25. The lowest BCUT2D eigenvalue weighted by atomic mass is 10.3. The van der Waals surface area contributed by atoms with E-state index in [1.807, 2.05) is 0 Å². The van der Waals surface area contributed by atoms with E-state index in [9.17, 15) is 19.8 Å². The normalized spacial score (nSPS) is 10.7. The third kappa shape index (κ3) is 3.05. The molecule has 0 aliphatic carbocycles. The fourth-order valence-corrected chi connectivity index (χ4v) is 2.72. The van der Waals surface area contributed by atoms with Gasteiger partial charge in [-0.15, -0.1) is 0 Å². The van der Waals surface area contributed by atoms with Gasteiger partial charge < -0.3 is 28.6 Å². The molecular formula is C13H10O6S-2. The van der Waals surface area contributed by atoms with Crippen molar-refractivity contribution >= 4 is 23.7 Å². The van der Waals surface area contributed by atoms with Gasteiger partial charge in [0.25, 0.3) is 0 Å². The standard InChI is InChI=1S/C13H12O6S/c1-7-9(4-10(19-7)12(14)15)6-20-5-8-2-3-18-11(8)13(16)17/h2-4H,5-6H2,1H3,(H,14,15)(H,16,17)/p-2. The van der Waals surface area contributed by atoms with E-state index in [2.05, 4.69) is 0 Å². The molecule has 106 valence electrons. The van der Waals surface area contributed by atoms with Gasteiger partial charge in [0.1, 0.15) is 23.5 Å². The minimum atomic E-state index is -1.36. The first-order valence-corrected chi connectivity index (χ1v) is 6.80. The number of furan rings is 2. The highest BCUT2D eigenvalue weighted by Gasteiger charge is 2.10. The summed E-state index contributed by atoms with van der Waals surface area (Å²) < 4.78 is 9.84. The van der Waals surface area contributed by atoms with Gasteiger partial charge in [-0.05, 0) is 19.1 Å². The SMILES string of the molecule is Cc1oc(C(=O)[O-])cc1CSCc1ccoc1C(=O)[O-]. The molecule has 2 heterocycles. The molecule has 6 nitrogen and oxygen atoms in total. The maximum absolute atomic E-state index is 10.7. The van der Waals surface area contributed by atoms with Gasteiger partial charge >= 0.3 is 0 Å². The summed E-state index contributed by atoms with van der Waals surface area (Å²) in [5, 5.41) is 21.4. The Balaban J connectivity index is 1.98. The van der Waals surface area contributed by atoms with Crippen LogP contribution in [0.3, 0.4) is 0 Å². The molecular weight excluding hydrogens is 284 g/mol. The number of aromatic carboxylic acids is 2. The number of hydrogen-bond donors (Lipinski definition) is 0. The molecule has 0 aliphatic heterocycles. The van der Waals surface area contributed by atoms with Gasteiger partial charge in [-0.3, -0.25) is 0 Å². The molecule has 20 heavy (non-hydrogen) atoms. The maximum Gasteiger partial charge on any atom is 0.153 e. The van der Waals surface area contributed by atoms with E-state index in [0.29, 0.717) is 22.8 Å². The Bertz CT molecular complexity index is 639. The summed E-state index contributed by atoms with van der Waals surface area (Å²) in [5.74, 6) is -1.72. The lowest BCUT2D eigenvalue weighted by Gasteiger charge is -2.03. The Morgan fingerprint density at radius 1 is 1.20 bits per heavy atom. The molecule has 0 saturated heterocycles. The third-order valence-electron chi connectivity index (χ3n) is 2.67. The van der Waals surface area contributed by atoms with Crippen LogP contribution in [0.15, 0.2) is 27.2 Å². The molecule has 2 aromatic rings. The van der Waals surface area contributed by atoms with Crippen LogP contribution in [0.2, 0.25) is 0 Å². The first-order valence-electron chi connectivity index (χ1n) is 5.65. The monoisotopic (exact) mass is 294 g/mol. The second-order valence-corrected chi connectivity index (χ2v) is 5.02. The Hall–Kier alpha value is -2.15. The van der Waals surface area contributed by atoms with Crippen molar-refractivity contribution in [3.63, 3.8) is 0 Å². The van der Waals surface area contributed by atoms with E-state index in [0.717, 1.165) is 5.56 Å². The van der Waals surface area contributed by atoms with Crippen molar-refractivity contribution in [2.24, 2.45) is 0 Å². The number of thioether (sulfide) groups is 1. The predicted octanol–water partition coefficient (Wildman–Crippen LogP) is 0.341. The zero-order valence-electron chi connectivity index (χ0n) is 10.5. The lowest BCUT2D eigenvalue weighted by Crippen LogP contribution is -2.22. The van der Waals surface area contributed by atoms with Crippen LogP contribution in [-0.2, 0) is 11.5 Å². The van der Waals surface area contributed by atoms with Gasteiger partial charge in [-0.25, -0.2) is 0 Å². The van der Waals surface area contributed by atoms with Gasteiger partial charge in [0, 0.05) is 22.6 Å². The molecule has 0 N–H and O–H groups in total. The van der Waals surface area contributed by atoms with E-state index >= 15 is 0 Å². The molecule has 0 amide bonds. The number of carboxylic acids is 2. The van der Waals surface area contributed by atoms with Crippen molar-refractivity contribution in [3.05, 3.63) is 46.8 Å². The van der Waals surface area contributed by atoms with Gasteiger partial charge in [0.15, 0.2) is 5.76 Å². The Labute approximate surface area is 118 Å². The van der Waals surface area contributed by atoms with Crippen LogP contribution in [0.25, 0.3) is 0 Å². The highest BCUT2D eigenvalue weighted by molar-refractivity contribution is 7.97. The molecule has 0 fully saturated rings. The number of carbonyl (C=O) groups excluding carboxylic acids is 2. The summed E-state index contributed by atoms with van der Waals surface area (Å²) in [6, 6.07) is 2.97. The smallest absolute Gasteiger partial charge is 0.153 e. The van der Waals surface area contributed by atoms with Crippen LogP contribution < -0.4 is 10.2 Å². The highest BCUT2D eigenvalue weighted by Crippen LogP contribution is 2.24. The summed E-state index contributed by atoms with van der Waals surface area (Å²) in [6.45, 7) is 1.66. The van der Waals surface area contributed by atoms with Crippen molar-refractivity contribution in [3.8, 4) is 0 Å². The largest absolute Gasteiger partial charge is 0.542 e. The van der Waals surface area contributed by atoms with Crippen LogP contribution in [-0.4, -0.2) is 11.9 Å². The lowest BCUT2D eigenvalue weighted by molar-refractivity contribution is -0.258. The van der Waals surface area contributed by atoms with Crippen LogP contribution >= 0.6 is 11.8 Å².